The maximum Gasteiger partial charge on any atom is 0.221 e. The van der Waals surface area contributed by atoms with Crippen LogP contribution in [0.4, 0.5) is 0 Å². The Morgan fingerprint density at radius 2 is 1.83 bits per heavy atom. The molecule has 0 aromatic heterocycles. The second-order valence-electron chi connectivity index (χ2n) is 4.64. The second-order valence-corrected chi connectivity index (χ2v) is 4.64. The van der Waals surface area contributed by atoms with Crippen LogP contribution in [-0.4, -0.2) is 38.0 Å². The Hall–Kier alpha value is -1.26. The topological polar surface area (TPSA) is 65.5 Å². The Kier molecular flexibility index (Phi) is 10.1. The molecule has 0 heterocycles. The van der Waals surface area contributed by atoms with Crippen molar-refractivity contribution in [3.63, 3.8) is 0 Å². The van der Waals surface area contributed by atoms with Crippen molar-refractivity contribution in [3.8, 4) is 0 Å². The summed E-state index contributed by atoms with van der Waals surface area (Å²) in [7, 11) is 0. The lowest BCUT2D eigenvalue weighted by Crippen LogP contribution is -2.39. The number of hydrogen-bond donors (Lipinski definition) is 3. The molecule has 0 unspecified atom stereocenters. The lowest BCUT2D eigenvalue weighted by molar-refractivity contribution is -0.120. The summed E-state index contributed by atoms with van der Waals surface area (Å²) >= 11 is 0. The van der Waals surface area contributed by atoms with E-state index in [2.05, 4.69) is 34.8 Å². The van der Waals surface area contributed by atoms with Crippen LogP contribution in [0.2, 0.25) is 0 Å². The van der Waals surface area contributed by atoms with Gasteiger partial charge >= 0.3 is 0 Å². The molecule has 0 fully saturated rings. The number of rotatable bonds is 8. The number of amides is 1. The van der Waals surface area contributed by atoms with Gasteiger partial charge in [0.1, 0.15) is 0 Å². The summed E-state index contributed by atoms with van der Waals surface area (Å²) in [6.07, 6.45) is 1.45. The Bertz CT molecular complexity index is 251. The third-order valence-corrected chi connectivity index (χ3v) is 2.18. The van der Waals surface area contributed by atoms with E-state index in [-0.39, 0.29) is 5.91 Å². The molecule has 0 saturated heterocycles. The van der Waals surface area contributed by atoms with Gasteiger partial charge in [-0.25, -0.2) is 0 Å². The van der Waals surface area contributed by atoms with Crippen molar-refractivity contribution in [1.29, 1.82) is 0 Å². The molecular weight excluding hydrogens is 228 g/mol. The van der Waals surface area contributed by atoms with E-state index in [1.54, 1.807) is 0 Å². The standard InChI is InChI=1S/C13H28N4O/c1-5-8-15-12(18)7-9-16-13(14-6-2)17-10-11(3)4/h11H,5-10H2,1-4H3,(H,15,18)(H2,14,16,17). The van der Waals surface area contributed by atoms with Crippen molar-refractivity contribution in [2.24, 2.45) is 10.9 Å². The summed E-state index contributed by atoms with van der Waals surface area (Å²) in [4.78, 5) is 15.8. The van der Waals surface area contributed by atoms with E-state index >= 15 is 0 Å². The number of nitrogens with zero attached hydrogens (tertiary/aromatic N) is 1. The van der Waals surface area contributed by atoms with Crippen LogP contribution in [0.1, 0.15) is 40.5 Å². The summed E-state index contributed by atoms with van der Waals surface area (Å²) in [5.74, 6) is 1.41. The Balaban J connectivity index is 3.89. The van der Waals surface area contributed by atoms with Crippen LogP contribution < -0.4 is 16.0 Å². The van der Waals surface area contributed by atoms with E-state index in [4.69, 9.17) is 0 Å². The van der Waals surface area contributed by atoms with Gasteiger partial charge in [-0.2, -0.15) is 0 Å². The molecule has 18 heavy (non-hydrogen) atoms. The highest BCUT2D eigenvalue weighted by Gasteiger charge is 2.01. The SMILES string of the molecule is CCCNC(=O)CCNC(=NCC(C)C)NCC. The van der Waals surface area contributed by atoms with Crippen molar-refractivity contribution >= 4 is 11.9 Å². The van der Waals surface area contributed by atoms with E-state index in [9.17, 15) is 4.79 Å². The smallest absolute Gasteiger partial charge is 0.221 e. The first-order chi connectivity index (χ1) is 8.60. The third-order valence-electron chi connectivity index (χ3n) is 2.18. The molecule has 0 spiro atoms. The van der Waals surface area contributed by atoms with Gasteiger partial charge < -0.3 is 16.0 Å². The van der Waals surface area contributed by atoms with Gasteiger partial charge in [-0.15, -0.1) is 0 Å². The van der Waals surface area contributed by atoms with Crippen LogP contribution in [0.5, 0.6) is 0 Å². The maximum atomic E-state index is 11.4. The molecule has 0 atom stereocenters. The summed E-state index contributed by atoms with van der Waals surface area (Å²) in [5, 5.41) is 9.17. The van der Waals surface area contributed by atoms with Crippen molar-refractivity contribution in [2.75, 3.05) is 26.2 Å². The molecule has 5 heteroatoms. The average Bonchev–Trinajstić information content (AvgIpc) is 2.33. The minimum atomic E-state index is 0.0871. The number of hydrogen-bond acceptors (Lipinski definition) is 2. The molecule has 0 aliphatic carbocycles. The van der Waals surface area contributed by atoms with Crippen molar-refractivity contribution < 1.29 is 4.79 Å². The lowest BCUT2D eigenvalue weighted by Gasteiger charge is -2.11. The minimum Gasteiger partial charge on any atom is -0.357 e. The van der Waals surface area contributed by atoms with Crippen LogP contribution in [0.25, 0.3) is 0 Å². The zero-order chi connectivity index (χ0) is 13.8. The molecular formula is C13H28N4O. The predicted molar refractivity (Wildman–Crippen MR) is 76.7 cm³/mol. The Morgan fingerprint density at radius 1 is 1.11 bits per heavy atom. The highest BCUT2D eigenvalue weighted by atomic mass is 16.1. The zero-order valence-corrected chi connectivity index (χ0v) is 12.2. The summed E-state index contributed by atoms with van der Waals surface area (Å²) < 4.78 is 0. The molecule has 0 bridgehead atoms. The predicted octanol–water partition coefficient (Wildman–Crippen LogP) is 1.11. The van der Waals surface area contributed by atoms with Gasteiger partial charge in [0, 0.05) is 32.6 Å². The Labute approximate surface area is 111 Å². The van der Waals surface area contributed by atoms with Crippen LogP contribution in [-0.2, 0) is 4.79 Å². The van der Waals surface area contributed by atoms with E-state index in [0.29, 0.717) is 18.9 Å². The van der Waals surface area contributed by atoms with Gasteiger partial charge in [0.25, 0.3) is 0 Å². The molecule has 0 saturated carbocycles. The molecule has 0 aliphatic heterocycles. The molecule has 0 aromatic carbocycles. The molecule has 5 nitrogen and oxygen atoms in total. The highest BCUT2D eigenvalue weighted by molar-refractivity contribution is 5.81. The van der Waals surface area contributed by atoms with Gasteiger partial charge in [-0.1, -0.05) is 20.8 Å². The molecule has 0 aromatic rings. The molecule has 106 valence electrons. The number of guanidine groups is 1. The number of nitrogens with one attached hydrogen (secondary N) is 3. The van der Waals surface area contributed by atoms with Gasteiger partial charge in [-0.05, 0) is 19.3 Å². The fourth-order valence-corrected chi connectivity index (χ4v) is 1.26. The quantitative estimate of drug-likeness (QED) is 0.450. The number of carbonyl (C=O) groups is 1. The van der Waals surface area contributed by atoms with Gasteiger partial charge in [0.2, 0.25) is 5.91 Å². The van der Waals surface area contributed by atoms with Gasteiger partial charge in [-0.3, -0.25) is 9.79 Å². The fourth-order valence-electron chi connectivity index (χ4n) is 1.26. The highest BCUT2D eigenvalue weighted by Crippen LogP contribution is 1.91. The second kappa shape index (κ2) is 10.9. The molecule has 1 amide bonds. The van der Waals surface area contributed by atoms with Crippen molar-refractivity contribution in [2.45, 2.75) is 40.5 Å². The van der Waals surface area contributed by atoms with Crippen LogP contribution in [0.15, 0.2) is 4.99 Å². The van der Waals surface area contributed by atoms with Gasteiger partial charge in [0.05, 0.1) is 0 Å². The summed E-state index contributed by atoms with van der Waals surface area (Å²) in [6.45, 7) is 11.3. The van der Waals surface area contributed by atoms with Crippen LogP contribution >= 0.6 is 0 Å². The zero-order valence-electron chi connectivity index (χ0n) is 12.2. The maximum absolute atomic E-state index is 11.4. The first-order valence-corrected chi connectivity index (χ1v) is 6.89. The van der Waals surface area contributed by atoms with Crippen molar-refractivity contribution in [1.82, 2.24) is 16.0 Å². The van der Waals surface area contributed by atoms with Crippen molar-refractivity contribution in [3.05, 3.63) is 0 Å². The molecule has 0 aliphatic rings. The van der Waals surface area contributed by atoms with E-state index in [1.165, 1.54) is 0 Å². The number of carbonyl (C=O) groups excluding carboxylic acids is 1. The summed E-state index contributed by atoms with van der Waals surface area (Å²) in [6, 6.07) is 0. The van der Waals surface area contributed by atoms with E-state index < -0.39 is 0 Å². The third kappa shape index (κ3) is 9.93. The lowest BCUT2D eigenvalue weighted by atomic mass is 10.2. The number of aliphatic imine (C=N–C) groups is 1. The monoisotopic (exact) mass is 256 g/mol. The minimum absolute atomic E-state index is 0.0871. The van der Waals surface area contributed by atoms with Crippen LogP contribution in [0.3, 0.4) is 0 Å². The molecule has 3 N–H and O–H groups in total. The largest absolute Gasteiger partial charge is 0.357 e. The fraction of sp³-hybridized carbons (Fsp3) is 0.846. The van der Waals surface area contributed by atoms with E-state index in [0.717, 1.165) is 32.0 Å². The average molecular weight is 256 g/mol. The first kappa shape index (κ1) is 16.7. The summed E-state index contributed by atoms with van der Waals surface area (Å²) in [5.41, 5.74) is 0. The molecule has 0 radical (unpaired) electrons. The van der Waals surface area contributed by atoms with Gasteiger partial charge in [0.15, 0.2) is 5.96 Å². The first-order valence-electron chi connectivity index (χ1n) is 6.89. The molecule has 0 rings (SSSR count). The Morgan fingerprint density at radius 3 is 2.39 bits per heavy atom. The normalized spacial score (nSPS) is 11.5. The van der Waals surface area contributed by atoms with Crippen LogP contribution in [0, 0.1) is 5.92 Å². The van der Waals surface area contributed by atoms with E-state index in [1.807, 2.05) is 13.8 Å².